The number of fused-ring (bicyclic) bond motifs is 1. The monoisotopic (exact) mass is 297 g/mol. The summed E-state index contributed by atoms with van der Waals surface area (Å²) in [5.74, 6) is 0.803. The second-order valence-electron chi connectivity index (χ2n) is 5.08. The van der Waals surface area contributed by atoms with E-state index in [-0.39, 0.29) is 17.9 Å². The zero-order chi connectivity index (χ0) is 15.5. The smallest absolute Gasteiger partial charge is 0.251 e. The Morgan fingerprint density at radius 2 is 2.14 bits per heavy atom. The summed E-state index contributed by atoms with van der Waals surface area (Å²) in [5, 5.41) is 7.28. The quantitative estimate of drug-likeness (QED) is 0.774. The predicted molar refractivity (Wildman–Crippen MR) is 82.8 cm³/mol. The van der Waals surface area contributed by atoms with E-state index in [2.05, 4.69) is 15.5 Å². The van der Waals surface area contributed by atoms with Gasteiger partial charge in [-0.25, -0.2) is 0 Å². The number of benzene rings is 1. The molecule has 0 saturated heterocycles. The van der Waals surface area contributed by atoms with Gasteiger partial charge in [0.15, 0.2) is 5.82 Å². The summed E-state index contributed by atoms with van der Waals surface area (Å²) in [4.78, 5) is 26.7. The van der Waals surface area contributed by atoms with Crippen LogP contribution in [0.15, 0.2) is 45.7 Å². The Labute approximate surface area is 126 Å². The zero-order valence-electron chi connectivity index (χ0n) is 12.1. The van der Waals surface area contributed by atoms with Crippen LogP contribution in [0.5, 0.6) is 0 Å². The fourth-order valence-corrected chi connectivity index (χ4v) is 2.26. The van der Waals surface area contributed by atoms with Gasteiger partial charge in [0.25, 0.3) is 5.56 Å². The standard InChI is InChI=1S/C16H15N3O3/c1-10-8-14(19-22-10)18-15(20)7-6-12-9-11-4-2-3-5-13(11)17-16(12)21/h2-5,8-9H,6-7H2,1H3,(H,17,21)(H,18,19,20). The van der Waals surface area contributed by atoms with Crippen molar-refractivity contribution in [2.45, 2.75) is 19.8 Å². The molecule has 1 amide bonds. The van der Waals surface area contributed by atoms with Gasteiger partial charge in [0.05, 0.1) is 0 Å². The maximum Gasteiger partial charge on any atom is 0.251 e. The summed E-state index contributed by atoms with van der Waals surface area (Å²) < 4.78 is 4.88. The summed E-state index contributed by atoms with van der Waals surface area (Å²) in [6.07, 6.45) is 0.566. The van der Waals surface area contributed by atoms with Gasteiger partial charge in [0.1, 0.15) is 5.76 Å². The molecular weight excluding hydrogens is 282 g/mol. The molecule has 112 valence electrons. The zero-order valence-corrected chi connectivity index (χ0v) is 12.1. The third kappa shape index (κ3) is 3.06. The molecule has 3 aromatic rings. The normalized spacial score (nSPS) is 10.8. The Kier molecular flexibility index (Phi) is 3.74. The van der Waals surface area contributed by atoms with Crippen molar-refractivity contribution in [2.24, 2.45) is 0 Å². The van der Waals surface area contributed by atoms with Crippen molar-refractivity contribution in [3.63, 3.8) is 0 Å². The maximum atomic E-state index is 12.0. The molecule has 0 saturated carbocycles. The molecule has 0 atom stereocenters. The first-order valence-electron chi connectivity index (χ1n) is 6.96. The maximum absolute atomic E-state index is 12.0. The molecule has 0 spiro atoms. The molecule has 3 rings (SSSR count). The van der Waals surface area contributed by atoms with Crippen molar-refractivity contribution in [1.82, 2.24) is 10.1 Å². The van der Waals surface area contributed by atoms with Crippen LogP contribution in [-0.4, -0.2) is 16.0 Å². The number of hydrogen-bond acceptors (Lipinski definition) is 4. The Balaban J connectivity index is 1.69. The van der Waals surface area contributed by atoms with Gasteiger partial charge >= 0.3 is 0 Å². The fourth-order valence-electron chi connectivity index (χ4n) is 2.26. The molecule has 0 fully saturated rings. The number of carbonyl (C=O) groups is 1. The van der Waals surface area contributed by atoms with E-state index in [0.717, 1.165) is 10.9 Å². The fraction of sp³-hybridized carbons (Fsp3) is 0.188. The number of hydrogen-bond donors (Lipinski definition) is 2. The molecule has 22 heavy (non-hydrogen) atoms. The van der Waals surface area contributed by atoms with Gasteiger partial charge in [0.2, 0.25) is 5.91 Å². The predicted octanol–water partition coefficient (Wildman–Crippen LogP) is 2.40. The van der Waals surface area contributed by atoms with Gasteiger partial charge in [0, 0.05) is 23.6 Å². The molecule has 0 bridgehead atoms. The van der Waals surface area contributed by atoms with Crippen LogP contribution in [0.1, 0.15) is 17.7 Å². The van der Waals surface area contributed by atoms with Crippen LogP contribution in [0.3, 0.4) is 0 Å². The van der Waals surface area contributed by atoms with Crippen molar-refractivity contribution in [3.05, 3.63) is 58.1 Å². The number of nitrogens with zero attached hydrogens (tertiary/aromatic N) is 1. The average molecular weight is 297 g/mol. The van der Waals surface area contributed by atoms with Crippen molar-refractivity contribution < 1.29 is 9.32 Å². The van der Waals surface area contributed by atoms with Crippen LogP contribution in [-0.2, 0) is 11.2 Å². The number of carbonyl (C=O) groups excluding carboxylic acids is 1. The minimum absolute atomic E-state index is 0.163. The Bertz CT molecular complexity index is 879. The van der Waals surface area contributed by atoms with E-state index in [9.17, 15) is 9.59 Å². The molecule has 0 aliphatic heterocycles. The third-order valence-electron chi connectivity index (χ3n) is 3.35. The molecular formula is C16H15N3O3. The van der Waals surface area contributed by atoms with Gasteiger partial charge in [-0.2, -0.15) is 0 Å². The number of anilines is 1. The second kappa shape index (κ2) is 5.85. The molecule has 2 heterocycles. The number of amides is 1. The van der Waals surface area contributed by atoms with Crippen molar-refractivity contribution >= 4 is 22.6 Å². The molecule has 0 aliphatic carbocycles. The van der Waals surface area contributed by atoms with Gasteiger partial charge in [-0.15, -0.1) is 0 Å². The van der Waals surface area contributed by atoms with E-state index in [0.29, 0.717) is 23.6 Å². The molecule has 2 N–H and O–H groups in total. The summed E-state index contributed by atoms with van der Waals surface area (Å²) in [6.45, 7) is 1.75. The second-order valence-corrected chi connectivity index (χ2v) is 5.08. The van der Waals surface area contributed by atoms with E-state index >= 15 is 0 Å². The minimum Gasteiger partial charge on any atom is -0.360 e. The number of nitrogens with one attached hydrogen (secondary N) is 2. The molecule has 0 unspecified atom stereocenters. The molecule has 1 aromatic carbocycles. The lowest BCUT2D eigenvalue weighted by Gasteiger charge is -2.03. The van der Waals surface area contributed by atoms with Crippen LogP contribution in [0.25, 0.3) is 10.9 Å². The van der Waals surface area contributed by atoms with Crippen molar-refractivity contribution in [3.8, 4) is 0 Å². The van der Waals surface area contributed by atoms with E-state index in [1.165, 1.54) is 0 Å². The Hall–Kier alpha value is -2.89. The average Bonchev–Trinajstić information content (AvgIpc) is 2.90. The lowest BCUT2D eigenvalue weighted by atomic mass is 10.1. The largest absolute Gasteiger partial charge is 0.360 e. The molecule has 6 nitrogen and oxygen atoms in total. The Morgan fingerprint density at radius 1 is 1.32 bits per heavy atom. The molecule has 6 heteroatoms. The van der Waals surface area contributed by atoms with E-state index in [1.807, 2.05) is 30.3 Å². The number of para-hydroxylation sites is 1. The van der Waals surface area contributed by atoms with Crippen LogP contribution < -0.4 is 10.9 Å². The van der Waals surface area contributed by atoms with E-state index < -0.39 is 0 Å². The van der Waals surface area contributed by atoms with Crippen LogP contribution in [0.4, 0.5) is 5.82 Å². The number of H-pyrrole nitrogens is 1. The molecule has 0 aliphatic rings. The first-order valence-corrected chi connectivity index (χ1v) is 6.96. The lowest BCUT2D eigenvalue weighted by molar-refractivity contribution is -0.116. The van der Waals surface area contributed by atoms with Gasteiger partial charge in [-0.1, -0.05) is 23.4 Å². The Morgan fingerprint density at radius 3 is 2.91 bits per heavy atom. The summed E-state index contributed by atoms with van der Waals surface area (Å²) in [7, 11) is 0. The van der Waals surface area contributed by atoms with Gasteiger partial charge in [-0.05, 0) is 30.9 Å². The molecule has 2 aromatic heterocycles. The highest BCUT2D eigenvalue weighted by Gasteiger charge is 2.09. The number of aryl methyl sites for hydroxylation is 2. The minimum atomic E-state index is -0.208. The summed E-state index contributed by atoms with van der Waals surface area (Å²) in [6, 6.07) is 11.0. The van der Waals surface area contributed by atoms with Crippen LogP contribution in [0, 0.1) is 6.92 Å². The van der Waals surface area contributed by atoms with Crippen LogP contribution >= 0.6 is 0 Å². The number of pyridine rings is 1. The third-order valence-corrected chi connectivity index (χ3v) is 3.35. The first kappa shape index (κ1) is 14.1. The number of rotatable bonds is 4. The van der Waals surface area contributed by atoms with Gasteiger partial charge < -0.3 is 14.8 Å². The lowest BCUT2D eigenvalue weighted by Crippen LogP contribution is -2.17. The van der Waals surface area contributed by atoms with E-state index in [1.54, 1.807) is 13.0 Å². The first-order chi connectivity index (χ1) is 10.6. The number of aromatic amines is 1. The highest BCUT2D eigenvalue weighted by Crippen LogP contribution is 2.12. The van der Waals surface area contributed by atoms with E-state index in [4.69, 9.17) is 4.52 Å². The topological polar surface area (TPSA) is 88.0 Å². The van der Waals surface area contributed by atoms with Gasteiger partial charge in [-0.3, -0.25) is 9.59 Å². The van der Waals surface area contributed by atoms with Crippen molar-refractivity contribution in [2.75, 3.05) is 5.32 Å². The number of aromatic nitrogens is 2. The highest BCUT2D eigenvalue weighted by atomic mass is 16.5. The summed E-state index contributed by atoms with van der Waals surface area (Å²) >= 11 is 0. The summed E-state index contributed by atoms with van der Waals surface area (Å²) in [5.41, 5.74) is 1.22. The van der Waals surface area contributed by atoms with Crippen LogP contribution in [0.2, 0.25) is 0 Å². The SMILES string of the molecule is Cc1cc(NC(=O)CCc2cc3ccccc3[nH]c2=O)no1. The molecule has 0 radical (unpaired) electrons. The highest BCUT2D eigenvalue weighted by molar-refractivity contribution is 5.89. The van der Waals surface area contributed by atoms with Crippen molar-refractivity contribution in [1.29, 1.82) is 0 Å².